The van der Waals surface area contributed by atoms with E-state index >= 15 is 0 Å². The lowest BCUT2D eigenvalue weighted by atomic mass is 9.99. The van der Waals surface area contributed by atoms with E-state index in [0.29, 0.717) is 0 Å². The molecule has 0 unspecified atom stereocenters. The Morgan fingerprint density at radius 3 is 2.57 bits per heavy atom. The summed E-state index contributed by atoms with van der Waals surface area (Å²) in [6, 6.07) is 8.64. The van der Waals surface area contributed by atoms with E-state index in [2.05, 4.69) is 10.3 Å². The largest absolute Gasteiger partial charge is 0.502 e. The fourth-order valence-electron chi connectivity index (χ4n) is 2.19. The van der Waals surface area contributed by atoms with Crippen molar-refractivity contribution in [3.8, 4) is 5.75 Å². The van der Waals surface area contributed by atoms with Crippen molar-refractivity contribution in [3.05, 3.63) is 64.0 Å². The Labute approximate surface area is 133 Å². The number of nitro groups is 1. The molecule has 1 aromatic heterocycles. The molecule has 0 fully saturated rings. The average Bonchev–Trinajstić information content (AvgIpc) is 2.52. The van der Waals surface area contributed by atoms with E-state index in [4.69, 9.17) is 0 Å². The van der Waals surface area contributed by atoms with Gasteiger partial charge in [0.15, 0.2) is 5.75 Å². The number of nitrogens with one attached hydrogen (secondary N) is 1. The number of rotatable bonds is 5. The van der Waals surface area contributed by atoms with Crippen molar-refractivity contribution in [1.82, 2.24) is 10.3 Å². The highest BCUT2D eigenvalue weighted by Crippen LogP contribution is 2.27. The quantitative estimate of drug-likeness (QED) is 0.652. The second-order valence-corrected chi connectivity index (χ2v) is 5.41. The fraction of sp³-hybridized carbons (Fsp3) is 0.250. The van der Waals surface area contributed by atoms with Crippen LogP contribution in [0.25, 0.3) is 0 Å². The molecule has 0 aliphatic heterocycles. The maximum atomic E-state index is 12.3. The Balaban J connectivity index is 2.23. The van der Waals surface area contributed by atoms with E-state index in [9.17, 15) is 20.0 Å². The molecule has 0 radical (unpaired) electrons. The third-order valence-electron chi connectivity index (χ3n) is 3.39. The van der Waals surface area contributed by atoms with Gasteiger partial charge in [-0.1, -0.05) is 19.9 Å². The molecule has 120 valence electrons. The van der Waals surface area contributed by atoms with Crippen LogP contribution >= 0.6 is 0 Å². The summed E-state index contributed by atoms with van der Waals surface area (Å²) >= 11 is 0. The summed E-state index contributed by atoms with van der Waals surface area (Å²) in [4.78, 5) is 26.6. The molecule has 0 saturated heterocycles. The number of amides is 1. The number of carbonyl (C=O) groups is 1. The lowest BCUT2D eigenvalue weighted by Gasteiger charge is -2.22. The van der Waals surface area contributed by atoms with Gasteiger partial charge in [0.25, 0.3) is 5.91 Å². The number of aromatic nitrogens is 1. The zero-order valence-electron chi connectivity index (χ0n) is 12.8. The number of nitro benzene ring substituents is 1. The van der Waals surface area contributed by atoms with Gasteiger partial charge in [-0.3, -0.25) is 19.9 Å². The van der Waals surface area contributed by atoms with Crippen molar-refractivity contribution in [2.24, 2.45) is 5.92 Å². The van der Waals surface area contributed by atoms with E-state index < -0.39 is 22.3 Å². The molecule has 1 aromatic carbocycles. The molecular weight excluding hydrogens is 298 g/mol. The van der Waals surface area contributed by atoms with Crippen LogP contribution < -0.4 is 5.32 Å². The zero-order chi connectivity index (χ0) is 17.0. The highest BCUT2D eigenvalue weighted by atomic mass is 16.6. The molecule has 2 aromatic rings. The Bertz CT molecular complexity index is 717. The number of nitrogens with zero attached hydrogens (tertiary/aromatic N) is 2. The zero-order valence-corrected chi connectivity index (χ0v) is 12.8. The predicted molar refractivity (Wildman–Crippen MR) is 84.0 cm³/mol. The molecule has 7 heteroatoms. The summed E-state index contributed by atoms with van der Waals surface area (Å²) in [5.74, 6) is -0.873. The molecule has 7 nitrogen and oxygen atoms in total. The van der Waals surface area contributed by atoms with Crippen LogP contribution in [0.3, 0.4) is 0 Å². The van der Waals surface area contributed by atoms with E-state index in [1.54, 1.807) is 12.3 Å². The number of carbonyl (C=O) groups excluding carboxylic acids is 1. The smallest absolute Gasteiger partial charge is 0.310 e. The number of phenols is 1. The third-order valence-corrected chi connectivity index (χ3v) is 3.39. The van der Waals surface area contributed by atoms with Crippen molar-refractivity contribution in [1.29, 1.82) is 0 Å². The van der Waals surface area contributed by atoms with Crippen LogP contribution in [0.1, 0.15) is 35.9 Å². The Kier molecular flexibility index (Phi) is 4.90. The van der Waals surface area contributed by atoms with Gasteiger partial charge >= 0.3 is 5.69 Å². The van der Waals surface area contributed by atoms with Gasteiger partial charge in [-0.2, -0.15) is 0 Å². The van der Waals surface area contributed by atoms with E-state index in [0.717, 1.165) is 17.8 Å². The van der Waals surface area contributed by atoms with Crippen molar-refractivity contribution >= 4 is 11.6 Å². The second kappa shape index (κ2) is 6.87. The van der Waals surface area contributed by atoms with E-state index in [-0.39, 0.29) is 17.5 Å². The van der Waals surface area contributed by atoms with Crippen LogP contribution in [0, 0.1) is 16.0 Å². The minimum atomic E-state index is -0.707. The number of phenolic OH excluding ortho intramolecular Hbond substituents is 1. The Hall–Kier alpha value is -2.96. The molecule has 0 spiro atoms. The van der Waals surface area contributed by atoms with Gasteiger partial charge in [-0.25, -0.2) is 0 Å². The summed E-state index contributed by atoms with van der Waals surface area (Å²) in [5.41, 5.74) is 0.434. The molecule has 0 bridgehead atoms. The monoisotopic (exact) mass is 315 g/mol. The number of benzene rings is 1. The highest BCUT2D eigenvalue weighted by Gasteiger charge is 2.22. The lowest BCUT2D eigenvalue weighted by molar-refractivity contribution is -0.385. The summed E-state index contributed by atoms with van der Waals surface area (Å²) in [6.45, 7) is 3.90. The summed E-state index contributed by atoms with van der Waals surface area (Å²) in [5, 5.41) is 23.2. The third kappa shape index (κ3) is 3.82. The molecule has 1 heterocycles. The topological polar surface area (TPSA) is 105 Å². The van der Waals surface area contributed by atoms with Gasteiger partial charge in [0.2, 0.25) is 0 Å². The van der Waals surface area contributed by atoms with Crippen molar-refractivity contribution in [2.75, 3.05) is 0 Å². The predicted octanol–water partition coefficient (Wildman–Crippen LogP) is 2.82. The van der Waals surface area contributed by atoms with Gasteiger partial charge in [-0.15, -0.1) is 0 Å². The first-order valence-corrected chi connectivity index (χ1v) is 7.09. The van der Waals surface area contributed by atoms with Gasteiger partial charge in [0.1, 0.15) is 0 Å². The van der Waals surface area contributed by atoms with Crippen LogP contribution in [-0.2, 0) is 0 Å². The first kappa shape index (κ1) is 16.4. The molecule has 2 N–H and O–H groups in total. The summed E-state index contributed by atoms with van der Waals surface area (Å²) < 4.78 is 0. The van der Waals surface area contributed by atoms with Crippen LogP contribution in [0.2, 0.25) is 0 Å². The first-order valence-electron chi connectivity index (χ1n) is 7.09. The SMILES string of the molecule is CC(C)[C@H](NC(=O)c1ccc([N+](=O)[O-])c(O)c1)c1ccccn1. The van der Waals surface area contributed by atoms with Crippen LogP contribution in [-0.4, -0.2) is 20.9 Å². The normalized spacial score (nSPS) is 12.0. The number of pyridine rings is 1. The molecule has 1 atom stereocenters. The van der Waals surface area contributed by atoms with Crippen molar-refractivity contribution in [2.45, 2.75) is 19.9 Å². The molecule has 0 aliphatic carbocycles. The summed E-state index contributed by atoms with van der Waals surface area (Å²) in [7, 11) is 0. The maximum Gasteiger partial charge on any atom is 0.310 e. The number of hydrogen-bond acceptors (Lipinski definition) is 5. The van der Waals surface area contributed by atoms with Gasteiger partial charge in [0, 0.05) is 17.8 Å². The fourth-order valence-corrected chi connectivity index (χ4v) is 2.19. The van der Waals surface area contributed by atoms with Crippen LogP contribution in [0.15, 0.2) is 42.6 Å². The minimum Gasteiger partial charge on any atom is -0.502 e. The van der Waals surface area contributed by atoms with Gasteiger partial charge in [-0.05, 0) is 30.2 Å². The summed E-state index contributed by atoms with van der Waals surface area (Å²) in [6.07, 6.45) is 1.65. The Morgan fingerprint density at radius 2 is 2.04 bits per heavy atom. The molecule has 1 amide bonds. The van der Waals surface area contributed by atoms with Crippen molar-refractivity contribution in [3.63, 3.8) is 0 Å². The molecule has 0 saturated carbocycles. The molecule has 23 heavy (non-hydrogen) atoms. The van der Waals surface area contributed by atoms with Gasteiger partial charge < -0.3 is 10.4 Å². The van der Waals surface area contributed by atoms with E-state index in [1.807, 2.05) is 26.0 Å². The highest BCUT2D eigenvalue weighted by molar-refractivity contribution is 5.95. The second-order valence-electron chi connectivity index (χ2n) is 5.41. The molecule has 0 aliphatic rings. The Morgan fingerprint density at radius 1 is 1.30 bits per heavy atom. The number of aromatic hydroxyl groups is 1. The van der Waals surface area contributed by atoms with E-state index in [1.165, 1.54) is 6.07 Å². The van der Waals surface area contributed by atoms with Crippen LogP contribution in [0.5, 0.6) is 5.75 Å². The molecule has 2 rings (SSSR count). The average molecular weight is 315 g/mol. The van der Waals surface area contributed by atoms with Gasteiger partial charge in [0.05, 0.1) is 16.7 Å². The standard InChI is InChI=1S/C16H17N3O4/c1-10(2)15(12-5-3-4-8-17-12)18-16(21)11-6-7-13(19(22)23)14(20)9-11/h3-10,15,20H,1-2H3,(H,18,21)/t15-/m0/s1. The van der Waals surface area contributed by atoms with Crippen LogP contribution in [0.4, 0.5) is 5.69 Å². The first-order chi connectivity index (χ1) is 10.9. The number of hydrogen-bond donors (Lipinski definition) is 2. The maximum absolute atomic E-state index is 12.3. The minimum absolute atomic E-state index is 0.0977. The lowest BCUT2D eigenvalue weighted by Crippen LogP contribution is -2.32. The molecular formula is C16H17N3O4. The van der Waals surface area contributed by atoms with Crippen molar-refractivity contribution < 1.29 is 14.8 Å².